The second-order valence-corrected chi connectivity index (χ2v) is 8.87. The largest absolute Gasteiger partial charge is 0.495 e. The van der Waals surface area contributed by atoms with E-state index in [1.807, 2.05) is 36.6 Å². The Balaban J connectivity index is 1.84. The van der Waals surface area contributed by atoms with Crippen LogP contribution in [0.5, 0.6) is 5.75 Å². The average Bonchev–Trinajstić information content (AvgIpc) is 2.75. The van der Waals surface area contributed by atoms with Gasteiger partial charge in [0.25, 0.3) is 5.56 Å². The Morgan fingerprint density at radius 3 is 2.67 bits per heavy atom. The quantitative estimate of drug-likeness (QED) is 0.751. The highest BCUT2D eigenvalue weighted by Gasteiger charge is 2.37. The van der Waals surface area contributed by atoms with Crippen LogP contribution in [-0.2, 0) is 13.1 Å². The van der Waals surface area contributed by atoms with E-state index in [1.165, 1.54) is 19.3 Å². The summed E-state index contributed by atoms with van der Waals surface area (Å²) in [5.74, 6) is 2.80. The number of anilines is 2. The molecule has 0 amide bonds. The van der Waals surface area contributed by atoms with E-state index in [0.717, 1.165) is 22.7 Å². The first-order valence-electron chi connectivity index (χ1n) is 11.2. The van der Waals surface area contributed by atoms with Gasteiger partial charge in [0.05, 0.1) is 26.1 Å². The molecule has 162 valence electrons. The van der Waals surface area contributed by atoms with Crippen molar-refractivity contribution >= 4 is 11.6 Å². The number of fused-ring (bicyclic) bond motifs is 1. The minimum Gasteiger partial charge on any atom is -0.495 e. The molecule has 1 saturated carbocycles. The van der Waals surface area contributed by atoms with E-state index in [4.69, 9.17) is 9.72 Å². The molecule has 2 aromatic rings. The minimum absolute atomic E-state index is 0.0844. The smallest absolute Gasteiger partial charge is 0.259 e. The fourth-order valence-corrected chi connectivity index (χ4v) is 5.21. The van der Waals surface area contributed by atoms with E-state index >= 15 is 0 Å². The van der Waals surface area contributed by atoms with Crippen molar-refractivity contribution in [1.29, 1.82) is 0 Å². The van der Waals surface area contributed by atoms with Crippen molar-refractivity contribution in [2.75, 3.05) is 18.7 Å². The van der Waals surface area contributed by atoms with Gasteiger partial charge in [0.1, 0.15) is 5.75 Å². The molecule has 1 aromatic carbocycles. The molecule has 6 heteroatoms. The van der Waals surface area contributed by atoms with Gasteiger partial charge in [0.15, 0.2) is 0 Å². The van der Waals surface area contributed by atoms with Gasteiger partial charge in [-0.1, -0.05) is 45.7 Å². The molecule has 1 aliphatic heterocycles. The molecule has 0 radical (unpaired) electrons. The number of rotatable bonds is 4. The van der Waals surface area contributed by atoms with E-state index in [-0.39, 0.29) is 5.56 Å². The van der Waals surface area contributed by atoms with Gasteiger partial charge >= 0.3 is 0 Å². The Hall–Kier alpha value is -2.34. The van der Waals surface area contributed by atoms with Crippen LogP contribution in [0.25, 0.3) is 0 Å². The summed E-state index contributed by atoms with van der Waals surface area (Å²) in [5.41, 5.74) is 2.67. The molecule has 1 fully saturated rings. The maximum absolute atomic E-state index is 13.4. The van der Waals surface area contributed by atoms with E-state index < -0.39 is 0 Å². The SMILES string of the molecule is CCc1c(C)nc2n(c1=O)CN(C1CCCC(C)C1C)CN2c1ccccc1OC. The first-order chi connectivity index (χ1) is 14.5. The van der Waals surface area contributed by atoms with Crippen LogP contribution in [-0.4, -0.2) is 34.3 Å². The molecule has 1 aliphatic carbocycles. The lowest BCUT2D eigenvalue weighted by molar-refractivity contribution is 0.0490. The van der Waals surface area contributed by atoms with Crippen molar-refractivity contribution < 1.29 is 4.74 Å². The van der Waals surface area contributed by atoms with Gasteiger partial charge in [-0.25, -0.2) is 4.98 Å². The third-order valence-corrected chi connectivity index (χ3v) is 7.20. The average molecular weight is 411 g/mol. The van der Waals surface area contributed by atoms with Gasteiger partial charge in [-0.2, -0.15) is 0 Å². The Kier molecular flexibility index (Phi) is 5.87. The molecule has 30 heavy (non-hydrogen) atoms. The van der Waals surface area contributed by atoms with Crippen molar-refractivity contribution in [3.63, 3.8) is 0 Å². The van der Waals surface area contributed by atoms with E-state index in [2.05, 4.69) is 29.7 Å². The molecule has 0 spiro atoms. The van der Waals surface area contributed by atoms with Gasteiger partial charge in [-0.05, 0) is 43.7 Å². The number of hydrogen-bond acceptors (Lipinski definition) is 5. The Morgan fingerprint density at radius 1 is 1.17 bits per heavy atom. The highest BCUT2D eigenvalue weighted by Crippen LogP contribution is 2.38. The van der Waals surface area contributed by atoms with Crippen molar-refractivity contribution in [3.8, 4) is 5.75 Å². The number of hydrogen-bond donors (Lipinski definition) is 0. The molecule has 2 aliphatic rings. The van der Waals surface area contributed by atoms with Gasteiger partial charge < -0.3 is 4.74 Å². The molecule has 1 aromatic heterocycles. The zero-order valence-corrected chi connectivity index (χ0v) is 18.9. The van der Waals surface area contributed by atoms with Crippen LogP contribution in [0.15, 0.2) is 29.1 Å². The monoisotopic (exact) mass is 410 g/mol. The molecule has 0 saturated heterocycles. The topological polar surface area (TPSA) is 50.6 Å². The second kappa shape index (κ2) is 8.42. The molecular formula is C24H34N4O2. The number of ether oxygens (including phenoxy) is 1. The van der Waals surface area contributed by atoms with E-state index in [9.17, 15) is 4.79 Å². The maximum atomic E-state index is 13.4. The molecule has 3 atom stereocenters. The highest BCUT2D eigenvalue weighted by molar-refractivity contribution is 5.66. The van der Waals surface area contributed by atoms with Crippen LogP contribution in [0, 0.1) is 18.8 Å². The van der Waals surface area contributed by atoms with Crippen LogP contribution >= 0.6 is 0 Å². The lowest BCUT2D eigenvalue weighted by atomic mass is 9.77. The number of nitrogens with zero attached hydrogens (tertiary/aromatic N) is 4. The third kappa shape index (κ3) is 3.51. The van der Waals surface area contributed by atoms with Gasteiger partial charge in [-0.15, -0.1) is 0 Å². The Morgan fingerprint density at radius 2 is 1.93 bits per heavy atom. The van der Waals surface area contributed by atoms with Crippen LogP contribution in [0.2, 0.25) is 0 Å². The molecule has 4 rings (SSSR count). The molecule has 3 unspecified atom stereocenters. The lowest BCUT2D eigenvalue weighted by Crippen LogP contribution is -2.54. The lowest BCUT2D eigenvalue weighted by Gasteiger charge is -2.46. The number of methoxy groups -OCH3 is 1. The number of benzene rings is 1. The molecule has 0 N–H and O–H groups in total. The summed E-state index contributed by atoms with van der Waals surface area (Å²) in [6.45, 7) is 10.0. The highest BCUT2D eigenvalue weighted by atomic mass is 16.5. The normalized spacial score (nSPS) is 24.6. The van der Waals surface area contributed by atoms with Gasteiger partial charge in [-0.3, -0.25) is 19.2 Å². The third-order valence-electron chi connectivity index (χ3n) is 7.20. The van der Waals surface area contributed by atoms with Crippen LogP contribution in [0.3, 0.4) is 0 Å². The van der Waals surface area contributed by atoms with Crippen molar-refractivity contribution in [3.05, 3.63) is 45.9 Å². The Labute approximate surface area is 179 Å². The first kappa shape index (κ1) is 20.9. The molecule has 6 nitrogen and oxygen atoms in total. The summed E-state index contributed by atoms with van der Waals surface area (Å²) in [4.78, 5) is 22.9. The predicted octanol–water partition coefficient (Wildman–Crippen LogP) is 4.32. The van der Waals surface area contributed by atoms with Crippen molar-refractivity contribution in [2.24, 2.45) is 11.8 Å². The molecule has 2 heterocycles. The minimum atomic E-state index is 0.0844. The fraction of sp³-hybridized carbons (Fsp3) is 0.583. The summed E-state index contributed by atoms with van der Waals surface area (Å²) < 4.78 is 7.53. The number of aryl methyl sites for hydroxylation is 1. The van der Waals surface area contributed by atoms with Gasteiger partial charge in [0, 0.05) is 17.3 Å². The summed E-state index contributed by atoms with van der Waals surface area (Å²) in [6.07, 6.45) is 4.41. The molecular weight excluding hydrogens is 376 g/mol. The van der Waals surface area contributed by atoms with E-state index in [1.54, 1.807) is 7.11 Å². The van der Waals surface area contributed by atoms with Crippen molar-refractivity contribution in [2.45, 2.75) is 66.1 Å². The fourth-order valence-electron chi connectivity index (χ4n) is 5.21. The first-order valence-corrected chi connectivity index (χ1v) is 11.2. The summed E-state index contributed by atoms with van der Waals surface area (Å²) in [6, 6.07) is 8.46. The standard InChI is InChI=1S/C24H34N4O2/c1-6-19-18(4)25-24-27(21-11-7-8-13-22(21)30-5)14-26(15-28(24)23(19)29)20-12-9-10-16(2)17(20)3/h7-8,11,13,16-17,20H,6,9-10,12,14-15H2,1-5H3. The summed E-state index contributed by atoms with van der Waals surface area (Å²) in [5, 5.41) is 0. The van der Waals surface area contributed by atoms with Crippen molar-refractivity contribution in [1.82, 2.24) is 14.5 Å². The second-order valence-electron chi connectivity index (χ2n) is 8.87. The molecule has 0 bridgehead atoms. The number of para-hydroxylation sites is 2. The van der Waals surface area contributed by atoms with Gasteiger partial charge in [0.2, 0.25) is 5.95 Å². The summed E-state index contributed by atoms with van der Waals surface area (Å²) >= 11 is 0. The predicted molar refractivity (Wildman–Crippen MR) is 120 cm³/mol. The number of aromatic nitrogens is 2. The van der Waals surface area contributed by atoms with Crippen LogP contribution < -0.4 is 15.2 Å². The maximum Gasteiger partial charge on any atom is 0.259 e. The van der Waals surface area contributed by atoms with E-state index in [0.29, 0.717) is 43.6 Å². The Bertz CT molecular complexity index is 970. The van der Waals surface area contributed by atoms with Crippen LogP contribution in [0.1, 0.15) is 51.3 Å². The summed E-state index contributed by atoms with van der Waals surface area (Å²) in [7, 11) is 1.69. The zero-order valence-electron chi connectivity index (χ0n) is 18.9. The van der Waals surface area contributed by atoms with Crippen LogP contribution in [0.4, 0.5) is 11.6 Å². The zero-order chi connectivity index (χ0) is 21.4.